The van der Waals surface area contributed by atoms with E-state index in [0.717, 1.165) is 16.5 Å². The van der Waals surface area contributed by atoms with Crippen molar-refractivity contribution in [1.82, 2.24) is 0 Å². The molecule has 0 radical (unpaired) electrons. The van der Waals surface area contributed by atoms with Crippen molar-refractivity contribution in [2.24, 2.45) is 16.5 Å². The summed E-state index contributed by atoms with van der Waals surface area (Å²) >= 11 is 3.48. The van der Waals surface area contributed by atoms with Crippen LogP contribution in [-0.2, 0) is 0 Å². The van der Waals surface area contributed by atoms with Gasteiger partial charge in [0.25, 0.3) is 0 Å². The average molecular weight is 256 g/mol. The molecule has 4 N–H and O–H groups in total. The summed E-state index contributed by atoms with van der Waals surface area (Å²) < 4.78 is 1.04. The largest absolute Gasteiger partial charge is 0.370 e. The summed E-state index contributed by atoms with van der Waals surface area (Å²) in [5.74, 6) is 0.132. The van der Waals surface area contributed by atoms with Crippen molar-refractivity contribution < 1.29 is 0 Å². The smallest absolute Gasteiger partial charge is 0.186 e. The van der Waals surface area contributed by atoms with E-state index in [1.807, 2.05) is 24.3 Å². The quantitative estimate of drug-likeness (QED) is 0.643. The van der Waals surface area contributed by atoms with E-state index in [1.54, 1.807) is 0 Å². The first kappa shape index (κ1) is 11.0. The second-order valence-electron chi connectivity index (χ2n) is 3.00. The molecule has 4 heteroatoms. The van der Waals surface area contributed by atoms with Gasteiger partial charge in [0.15, 0.2) is 5.96 Å². The topological polar surface area (TPSA) is 64.4 Å². The van der Waals surface area contributed by atoms with E-state index in [-0.39, 0.29) is 12.0 Å². The molecule has 76 valence electrons. The molecule has 0 amide bonds. The molecule has 0 heterocycles. The van der Waals surface area contributed by atoms with E-state index in [1.165, 1.54) is 0 Å². The van der Waals surface area contributed by atoms with Crippen molar-refractivity contribution in [3.63, 3.8) is 0 Å². The Hall–Kier alpha value is -1.03. The normalized spacial score (nSPS) is 12.1. The summed E-state index contributed by atoms with van der Waals surface area (Å²) in [6.45, 7) is 2.05. The lowest BCUT2D eigenvalue weighted by atomic mass is 10.1. The molecule has 0 fully saturated rings. The second kappa shape index (κ2) is 5.00. The predicted molar refractivity (Wildman–Crippen MR) is 63.0 cm³/mol. The molecule has 0 saturated heterocycles. The molecule has 0 aliphatic carbocycles. The molecule has 0 bridgehead atoms. The highest BCUT2D eigenvalue weighted by Gasteiger charge is 2.10. The number of hydrogen-bond donors (Lipinski definition) is 2. The third-order valence-corrected chi connectivity index (χ3v) is 2.68. The maximum absolute atomic E-state index is 5.37. The predicted octanol–water partition coefficient (Wildman–Crippen LogP) is 2.17. The molecule has 1 rings (SSSR count). The maximum atomic E-state index is 5.37. The van der Waals surface area contributed by atoms with Gasteiger partial charge in [-0.2, -0.15) is 0 Å². The number of benzene rings is 1. The second-order valence-corrected chi connectivity index (χ2v) is 3.85. The standard InChI is InChI=1S/C10H14BrN3/c1-2-9(14-10(12)13)7-5-3-4-6-8(7)11/h3-6,9H,2H2,1H3,(H4,12,13,14)/t9-/m1/s1. The zero-order valence-electron chi connectivity index (χ0n) is 8.07. The Balaban J connectivity index is 3.01. The fraction of sp³-hybridized carbons (Fsp3) is 0.300. The number of hydrogen-bond acceptors (Lipinski definition) is 1. The molecule has 1 aromatic carbocycles. The van der Waals surface area contributed by atoms with Gasteiger partial charge in [-0.3, -0.25) is 0 Å². The Labute approximate surface area is 92.3 Å². The van der Waals surface area contributed by atoms with Gasteiger partial charge in [-0.1, -0.05) is 41.1 Å². The third-order valence-electron chi connectivity index (χ3n) is 1.96. The third kappa shape index (κ3) is 2.73. The lowest BCUT2D eigenvalue weighted by molar-refractivity contribution is 0.696. The molecule has 0 spiro atoms. The first-order valence-electron chi connectivity index (χ1n) is 4.48. The van der Waals surface area contributed by atoms with E-state index in [9.17, 15) is 0 Å². The van der Waals surface area contributed by atoms with Crippen molar-refractivity contribution >= 4 is 21.9 Å². The highest BCUT2D eigenvalue weighted by Crippen LogP contribution is 2.27. The molecule has 0 aliphatic rings. The fourth-order valence-electron chi connectivity index (χ4n) is 1.31. The van der Waals surface area contributed by atoms with Crippen LogP contribution in [0.2, 0.25) is 0 Å². The molecule has 1 aromatic rings. The number of rotatable bonds is 3. The molecule has 0 unspecified atom stereocenters. The van der Waals surface area contributed by atoms with E-state index >= 15 is 0 Å². The molecule has 14 heavy (non-hydrogen) atoms. The minimum Gasteiger partial charge on any atom is -0.370 e. The minimum absolute atomic E-state index is 0.0376. The van der Waals surface area contributed by atoms with Crippen molar-refractivity contribution in [3.05, 3.63) is 34.3 Å². The van der Waals surface area contributed by atoms with E-state index in [2.05, 4.69) is 27.8 Å². The van der Waals surface area contributed by atoms with Crippen LogP contribution in [0.5, 0.6) is 0 Å². The van der Waals surface area contributed by atoms with Crippen LogP contribution in [0.4, 0.5) is 0 Å². The van der Waals surface area contributed by atoms with Crippen LogP contribution in [0, 0.1) is 0 Å². The van der Waals surface area contributed by atoms with Gasteiger partial charge in [-0.05, 0) is 18.1 Å². The maximum Gasteiger partial charge on any atom is 0.186 e. The number of halogens is 1. The van der Waals surface area contributed by atoms with Gasteiger partial charge in [0.2, 0.25) is 0 Å². The minimum atomic E-state index is 0.0376. The molecule has 0 aromatic heterocycles. The first-order valence-corrected chi connectivity index (χ1v) is 5.27. The van der Waals surface area contributed by atoms with Gasteiger partial charge in [-0.25, -0.2) is 4.99 Å². The molecule has 3 nitrogen and oxygen atoms in total. The lowest BCUT2D eigenvalue weighted by Gasteiger charge is -2.12. The Morgan fingerprint density at radius 3 is 2.57 bits per heavy atom. The monoisotopic (exact) mass is 255 g/mol. The van der Waals surface area contributed by atoms with Gasteiger partial charge in [-0.15, -0.1) is 0 Å². The van der Waals surface area contributed by atoms with Gasteiger partial charge >= 0.3 is 0 Å². The highest BCUT2D eigenvalue weighted by molar-refractivity contribution is 9.10. The summed E-state index contributed by atoms with van der Waals surface area (Å²) in [6, 6.07) is 7.99. The molecule has 0 saturated carbocycles. The van der Waals surface area contributed by atoms with Gasteiger partial charge in [0.1, 0.15) is 0 Å². The molecule has 1 atom stereocenters. The van der Waals surface area contributed by atoms with Crippen molar-refractivity contribution in [2.45, 2.75) is 19.4 Å². The van der Waals surface area contributed by atoms with Crippen LogP contribution in [-0.4, -0.2) is 5.96 Å². The number of guanidine groups is 1. The first-order chi connectivity index (χ1) is 6.65. The zero-order chi connectivity index (χ0) is 10.6. The number of aliphatic imine (C=N–C) groups is 1. The van der Waals surface area contributed by atoms with Crippen LogP contribution >= 0.6 is 15.9 Å². The number of nitrogens with two attached hydrogens (primary N) is 2. The number of nitrogens with zero attached hydrogens (tertiary/aromatic N) is 1. The Morgan fingerprint density at radius 1 is 1.43 bits per heavy atom. The highest BCUT2D eigenvalue weighted by atomic mass is 79.9. The Kier molecular flexibility index (Phi) is 3.95. The van der Waals surface area contributed by atoms with Crippen LogP contribution in [0.25, 0.3) is 0 Å². The van der Waals surface area contributed by atoms with Gasteiger partial charge in [0, 0.05) is 4.47 Å². The van der Waals surface area contributed by atoms with E-state index in [4.69, 9.17) is 11.5 Å². The molecule has 0 aliphatic heterocycles. The van der Waals surface area contributed by atoms with E-state index < -0.39 is 0 Å². The molecular weight excluding hydrogens is 242 g/mol. The van der Waals surface area contributed by atoms with Gasteiger partial charge in [0.05, 0.1) is 6.04 Å². The summed E-state index contributed by atoms with van der Waals surface area (Å²) in [6.07, 6.45) is 0.876. The summed E-state index contributed by atoms with van der Waals surface area (Å²) in [4.78, 5) is 4.17. The van der Waals surface area contributed by atoms with E-state index in [0.29, 0.717) is 0 Å². The van der Waals surface area contributed by atoms with Crippen LogP contribution < -0.4 is 11.5 Å². The summed E-state index contributed by atoms with van der Waals surface area (Å²) in [7, 11) is 0. The van der Waals surface area contributed by atoms with Crippen molar-refractivity contribution in [2.75, 3.05) is 0 Å². The molecular formula is C10H14BrN3. The Bertz CT molecular complexity index is 332. The average Bonchev–Trinajstić information content (AvgIpc) is 2.15. The van der Waals surface area contributed by atoms with Crippen LogP contribution in [0.3, 0.4) is 0 Å². The van der Waals surface area contributed by atoms with Gasteiger partial charge < -0.3 is 11.5 Å². The lowest BCUT2D eigenvalue weighted by Crippen LogP contribution is -2.23. The van der Waals surface area contributed by atoms with Crippen molar-refractivity contribution in [1.29, 1.82) is 0 Å². The van der Waals surface area contributed by atoms with Crippen LogP contribution in [0.1, 0.15) is 24.9 Å². The Morgan fingerprint density at radius 2 is 2.07 bits per heavy atom. The summed E-state index contributed by atoms with van der Waals surface area (Å²) in [5.41, 5.74) is 11.9. The summed E-state index contributed by atoms with van der Waals surface area (Å²) in [5, 5.41) is 0. The van der Waals surface area contributed by atoms with Crippen molar-refractivity contribution in [3.8, 4) is 0 Å². The SMILES string of the molecule is CC[C@@H](N=C(N)N)c1ccccc1Br. The fourth-order valence-corrected chi connectivity index (χ4v) is 1.86. The van der Waals surface area contributed by atoms with Crippen LogP contribution in [0.15, 0.2) is 33.7 Å². The zero-order valence-corrected chi connectivity index (χ0v) is 9.66.